The number of hydrogen-bond acceptors (Lipinski definition) is 7. The number of sulfonamides is 1. The average Bonchev–Trinajstić information content (AvgIpc) is 2.80. The summed E-state index contributed by atoms with van der Waals surface area (Å²) in [6, 6.07) is 12.8. The van der Waals surface area contributed by atoms with Crippen LogP contribution in [-0.4, -0.2) is 80.2 Å². The van der Waals surface area contributed by atoms with E-state index in [1.807, 2.05) is 37.3 Å². The largest absolute Gasteiger partial charge is 0.497 e. The van der Waals surface area contributed by atoms with Crippen molar-refractivity contribution in [1.29, 1.82) is 0 Å². The predicted octanol–water partition coefficient (Wildman–Crippen LogP) is 1.67. The van der Waals surface area contributed by atoms with Gasteiger partial charge in [-0.2, -0.15) is 4.31 Å². The highest BCUT2D eigenvalue weighted by molar-refractivity contribution is 7.89. The van der Waals surface area contributed by atoms with E-state index in [1.54, 1.807) is 30.7 Å². The van der Waals surface area contributed by atoms with E-state index in [9.17, 15) is 8.42 Å². The Morgan fingerprint density at radius 2 is 1.48 bits per heavy atom. The number of piperazine rings is 1. The van der Waals surface area contributed by atoms with Crippen LogP contribution < -0.4 is 9.47 Å². The van der Waals surface area contributed by atoms with Crippen LogP contribution in [0.1, 0.15) is 11.1 Å². The van der Waals surface area contributed by atoms with E-state index in [4.69, 9.17) is 29.3 Å². The Morgan fingerprint density at radius 1 is 0.909 bits per heavy atom. The first-order valence-electron chi connectivity index (χ1n) is 10.0. The van der Waals surface area contributed by atoms with Crippen LogP contribution >= 0.6 is 0 Å². The van der Waals surface area contributed by atoms with Crippen molar-refractivity contribution in [2.45, 2.75) is 18.4 Å². The number of carboxylic acids is 2. The van der Waals surface area contributed by atoms with E-state index in [0.29, 0.717) is 37.6 Å². The van der Waals surface area contributed by atoms with Gasteiger partial charge in [0.25, 0.3) is 0 Å². The molecule has 33 heavy (non-hydrogen) atoms. The van der Waals surface area contributed by atoms with Gasteiger partial charge in [0.05, 0.1) is 19.1 Å². The van der Waals surface area contributed by atoms with Gasteiger partial charge in [0, 0.05) is 38.3 Å². The molecule has 0 atom stereocenters. The molecule has 0 unspecified atom stereocenters. The van der Waals surface area contributed by atoms with E-state index >= 15 is 0 Å². The van der Waals surface area contributed by atoms with Crippen molar-refractivity contribution in [2.75, 3.05) is 40.4 Å². The summed E-state index contributed by atoms with van der Waals surface area (Å²) in [6.45, 7) is 4.93. The second-order valence-electron chi connectivity index (χ2n) is 7.28. The highest BCUT2D eigenvalue weighted by Gasteiger charge is 2.28. The maximum Gasteiger partial charge on any atom is 0.414 e. The molecule has 0 aromatic heterocycles. The van der Waals surface area contributed by atoms with Crippen LogP contribution in [0.5, 0.6) is 11.5 Å². The number of ether oxygens (including phenoxy) is 2. The fourth-order valence-electron chi connectivity index (χ4n) is 3.23. The van der Waals surface area contributed by atoms with Gasteiger partial charge in [0.2, 0.25) is 10.0 Å². The lowest BCUT2D eigenvalue weighted by atomic mass is 10.1. The molecule has 10 nitrogen and oxygen atoms in total. The number of rotatable bonds is 6. The van der Waals surface area contributed by atoms with Crippen molar-refractivity contribution in [3.05, 3.63) is 53.6 Å². The van der Waals surface area contributed by atoms with Crippen molar-refractivity contribution in [3.8, 4) is 11.5 Å². The fourth-order valence-corrected chi connectivity index (χ4v) is 4.66. The zero-order valence-electron chi connectivity index (χ0n) is 18.7. The maximum absolute atomic E-state index is 12.8. The predicted molar refractivity (Wildman–Crippen MR) is 120 cm³/mol. The van der Waals surface area contributed by atoms with Gasteiger partial charge in [-0.3, -0.25) is 4.90 Å². The Kier molecular flexibility index (Phi) is 9.21. The molecule has 1 aliphatic heterocycles. The first kappa shape index (κ1) is 26.1. The molecule has 11 heteroatoms. The minimum absolute atomic E-state index is 0.357. The summed E-state index contributed by atoms with van der Waals surface area (Å²) in [4.78, 5) is 20.8. The number of hydrogen-bond donors (Lipinski definition) is 2. The van der Waals surface area contributed by atoms with Gasteiger partial charge in [-0.25, -0.2) is 18.0 Å². The zero-order chi connectivity index (χ0) is 24.6. The van der Waals surface area contributed by atoms with Crippen LogP contribution in [0.15, 0.2) is 47.4 Å². The number of carboxylic acid groups (broad SMARTS) is 2. The third kappa shape index (κ3) is 7.17. The van der Waals surface area contributed by atoms with E-state index in [1.165, 1.54) is 0 Å². The van der Waals surface area contributed by atoms with Gasteiger partial charge in [-0.15, -0.1) is 0 Å². The number of methoxy groups -OCH3 is 2. The van der Waals surface area contributed by atoms with Gasteiger partial charge < -0.3 is 19.7 Å². The number of benzene rings is 2. The van der Waals surface area contributed by atoms with E-state index < -0.39 is 22.0 Å². The molecule has 2 aromatic rings. The molecule has 2 N–H and O–H groups in total. The SMILES string of the molecule is COc1ccc(OC)c(CN2CCN(S(=O)(=O)c3ccc(C)cc3)CC2)c1.O=C(O)C(=O)O. The van der Waals surface area contributed by atoms with Crippen molar-refractivity contribution in [3.63, 3.8) is 0 Å². The summed E-state index contributed by atoms with van der Waals surface area (Å²) in [5, 5.41) is 14.8. The molecule has 1 saturated heterocycles. The molecule has 0 aliphatic carbocycles. The first-order chi connectivity index (χ1) is 15.6. The Morgan fingerprint density at radius 3 is 1.97 bits per heavy atom. The Bertz CT molecular complexity index is 1050. The third-order valence-electron chi connectivity index (χ3n) is 5.05. The molecular weight excluding hydrogens is 452 g/mol. The lowest BCUT2D eigenvalue weighted by Crippen LogP contribution is -2.48. The maximum atomic E-state index is 12.8. The molecular formula is C22H28N2O8S. The molecule has 1 fully saturated rings. The van der Waals surface area contributed by atoms with Crippen LogP contribution in [0.25, 0.3) is 0 Å². The topological polar surface area (TPSA) is 134 Å². The summed E-state index contributed by atoms with van der Waals surface area (Å²) in [7, 11) is -0.147. The summed E-state index contributed by atoms with van der Waals surface area (Å²) in [6.07, 6.45) is 0. The lowest BCUT2D eigenvalue weighted by Gasteiger charge is -2.34. The quantitative estimate of drug-likeness (QED) is 0.592. The Hall–Kier alpha value is -3.15. The normalized spacial score (nSPS) is 14.6. The summed E-state index contributed by atoms with van der Waals surface area (Å²) in [5.41, 5.74) is 2.08. The summed E-state index contributed by atoms with van der Waals surface area (Å²) in [5.74, 6) is -2.05. The van der Waals surface area contributed by atoms with Crippen LogP contribution in [0, 0.1) is 6.92 Å². The van der Waals surface area contributed by atoms with Gasteiger partial charge in [-0.05, 0) is 37.3 Å². The lowest BCUT2D eigenvalue weighted by molar-refractivity contribution is -0.159. The monoisotopic (exact) mass is 480 g/mol. The molecule has 0 spiro atoms. The summed E-state index contributed by atoms with van der Waals surface area (Å²) < 4.78 is 37.9. The van der Waals surface area contributed by atoms with Crippen LogP contribution in [0.3, 0.4) is 0 Å². The molecule has 0 radical (unpaired) electrons. The van der Waals surface area contributed by atoms with Gasteiger partial charge in [0.15, 0.2) is 0 Å². The molecule has 180 valence electrons. The number of nitrogens with zero attached hydrogens (tertiary/aromatic N) is 2. The van der Waals surface area contributed by atoms with Gasteiger partial charge in [0.1, 0.15) is 11.5 Å². The molecule has 0 bridgehead atoms. The number of aliphatic carboxylic acids is 2. The van der Waals surface area contributed by atoms with Crippen molar-refractivity contribution >= 4 is 22.0 Å². The second-order valence-corrected chi connectivity index (χ2v) is 9.22. The zero-order valence-corrected chi connectivity index (χ0v) is 19.5. The van der Waals surface area contributed by atoms with E-state index in [2.05, 4.69) is 4.90 Å². The average molecular weight is 481 g/mol. The Balaban J connectivity index is 0.000000569. The molecule has 1 heterocycles. The Labute approximate surface area is 193 Å². The van der Waals surface area contributed by atoms with Crippen LogP contribution in [-0.2, 0) is 26.2 Å². The fraction of sp³-hybridized carbons (Fsp3) is 0.364. The van der Waals surface area contributed by atoms with Gasteiger partial charge in [-0.1, -0.05) is 17.7 Å². The first-order valence-corrected chi connectivity index (χ1v) is 11.5. The minimum atomic E-state index is -3.44. The van der Waals surface area contributed by atoms with Crippen LogP contribution in [0.2, 0.25) is 0 Å². The second kappa shape index (κ2) is 11.6. The van der Waals surface area contributed by atoms with Crippen molar-refractivity contribution in [2.24, 2.45) is 0 Å². The standard InChI is InChI=1S/C20H26N2O4S.C2H2O4/c1-16-4-7-19(8-5-16)27(23,24)22-12-10-21(11-13-22)15-17-14-18(25-2)6-9-20(17)26-3;3-1(4)2(5)6/h4-9,14H,10-13,15H2,1-3H3;(H,3,4)(H,5,6). The molecule has 3 rings (SSSR count). The van der Waals surface area contributed by atoms with E-state index in [-0.39, 0.29) is 0 Å². The van der Waals surface area contributed by atoms with E-state index in [0.717, 1.165) is 22.6 Å². The van der Waals surface area contributed by atoms with Crippen molar-refractivity contribution < 1.29 is 37.7 Å². The van der Waals surface area contributed by atoms with Crippen molar-refractivity contribution in [1.82, 2.24) is 9.21 Å². The molecule has 1 aliphatic rings. The molecule has 0 amide bonds. The highest BCUT2D eigenvalue weighted by Crippen LogP contribution is 2.26. The number of aryl methyl sites for hydroxylation is 1. The molecule has 2 aromatic carbocycles. The summed E-state index contributed by atoms with van der Waals surface area (Å²) >= 11 is 0. The molecule has 0 saturated carbocycles. The third-order valence-corrected chi connectivity index (χ3v) is 6.97. The smallest absolute Gasteiger partial charge is 0.414 e. The minimum Gasteiger partial charge on any atom is -0.497 e. The highest BCUT2D eigenvalue weighted by atomic mass is 32.2. The number of carbonyl (C=O) groups is 2. The van der Waals surface area contributed by atoms with Crippen LogP contribution in [0.4, 0.5) is 0 Å². The van der Waals surface area contributed by atoms with Gasteiger partial charge >= 0.3 is 11.9 Å².